The molecule has 7 heteroatoms. The van der Waals surface area contributed by atoms with Gasteiger partial charge in [-0.3, -0.25) is 0 Å². The number of anilines is 2. The van der Waals surface area contributed by atoms with E-state index in [0.29, 0.717) is 17.2 Å². The summed E-state index contributed by atoms with van der Waals surface area (Å²) in [5.74, 6) is 0.800. The van der Waals surface area contributed by atoms with Crippen LogP contribution in [-0.2, 0) is 10.0 Å². The molecule has 0 atom stereocenters. The van der Waals surface area contributed by atoms with Crippen molar-refractivity contribution in [2.45, 2.75) is 4.90 Å². The van der Waals surface area contributed by atoms with Gasteiger partial charge in [-0.25, -0.2) is 13.6 Å². The zero-order chi connectivity index (χ0) is 14.0. The number of sulfonamides is 1. The minimum absolute atomic E-state index is 0.0717. The van der Waals surface area contributed by atoms with Crippen LogP contribution >= 0.6 is 0 Å². The van der Waals surface area contributed by atoms with Gasteiger partial charge in [0.15, 0.2) is 0 Å². The van der Waals surface area contributed by atoms with Crippen LogP contribution in [0.25, 0.3) is 0 Å². The van der Waals surface area contributed by atoms with E-state index in [1.54, 1.807) is 30.3 Å². The Kier molecular flexibility index (Phi) is 3.32. The number of nitrogens with two attached hydrogens (primary N) is 3. The van der Waals surface area contributed by atoms with E-state index in [0.717, 1.165) is 0 Å². The lowest BCUT2D eigenvalue weighted by Gasteiger charge is -2.09. The number of rotatable bonds is 3. The van der Waals surface area contributed by atoms with E-state index in [9.17, 15) is 8.42 Å². The van der Waals surface area contributed by atoms with Crippen LogP contribution in [0.4, 0.5) is 11.4 Å². The van der Waals surface area contributed by atoms with Crippen molar-refractivity contribution < 1.29 is 13.2 Å². The molecule has 2 aromatic carbocycles. The van der Waals surface area contributed by atoms with E-state index in [1.165, 1.54) is 12.1 Å². The van der Waals surface area contributed by atoms with E-state index in [4.69, 9.17) is 21.3 Å². The molecule has 0 aliphatic rings. The lowest BCUT2D eigenvalue weighted by Crippen LogP contribution is -2.14. The van der Waals surface area contributed by atoms with Gasteiger partial charge in [-0.2, -0.15) is 0 Å². The second kappa shape index (κ2) is 4.79. The third-order valence-electron chi connectivity index (χ3n) is 2.39. The third kappa shape index (κ3) is 3.15. The maximum absolute atomic E-state index is 11.3. The zero-order valence-corrected chi connectivity index (χ0v) is 10.7. The van der Waals surface area contributed by atoms with Gasteiger partial charge in [0.25, 0.3) is 0 Å². The molecule has 6 N–H and O–H groups in total. The molecule has 0 radical (unpaired) electrons. The van der Waals surface area contributed by atoms with Crippen molar-refractivity contribution in [1.82, 2.24) is 0 Å². The number of ether oxygens (including phenoxy) is 1. The second-order valence-corrected chi connectivity index (χ2v) is 5.45. The van der Waals surface area contributed by atoms with Crippen molar-refractivity contribution in [1.29, 1.82) is 0 Å². The molecule has 0 amide bonds. The molecule has 0 aromatic heterocycles. The molecule has 0 bridgehead atoms. The summed E-state index contributed by atoms with van der Waals surface area (Å²) < 4.78 is 28.2. The first kappa shape index (κ1) is 13.2. The first-order valence-electron chi connectivity index (χ1n) is 5.32. The number of nitrogen functional groups attached to an aromatic ring is 2. The Morgan fingerprint density at radius 2 is 1.63 bits per heavy atom. The summed E-state index contributed by atoms with van der Waals surface area (Å²) in [6, 6.07) is 11.0. The van der Waals surface area contributed by atoms with Crippen molar-refractivity contribution >= 4 is 21.4 Å². The molecule has 19 heavy (non-hydrogen) atoms. The molecule has 0 heterocycles. The number of primary sulfonamides is 1. The third-order valence-corrected chi connectivity index (χ3v) is 3.35. The number of benzene rings is 2. The lowest BCUT2D eigenvalue weighted by molar-refractivity contribution is 0.481. The number of hydrogen-bond donors (Lipinski definition) is 3. The van der Waals surface area contributed by atoms with Crippen molar-refractivity contribution in [3.05, 3.63) is 42.5 Å². The largest absolute Gasteiger partial charge is 0.457 e. The molecule has 6 nitrogen and oxygen atoms in total. The Labute approximate surface area is 110 Å². The van der Waals surface area contributed by atoms with Gasteiger partial charge in [-0.1, -0.05) is 6.07 Å². The van der Waals surface area contributed by atoms with Gasteiger partial charge in [0.2, 0.25) is 10.0 Å². The highest BCUT2D eigenvalue weighted by molar-refractivity contribution is 7.89. The first-order chi connectivity index (χ1) is 8.86. The summed E-state index contributed by atoms with van der Waals surface area (Å²) in [4.78, 5) is -0.172. The minimum atomic E-state index is -3.89. The molecule has 2 rings (SSSR count). The van der Waals surface area contributed by atoms with Crippen LogP contribution in [-0.4, -0.2) is 8.42 Å². The summed E-state index contributed by atoms with van der Waals surface area (Å²) in [5, 5.41) is 5.06. The van der Waals surface area contributed by atoms with Crippen molar-refractivity contribution in [3.63, 3.8) is 0 Å². The highest BCUT2D eigenvalue weighted by Gasteiger charge is 2.13. The van der Waals surface area contributed by atoms with Gasteiger partial charge in [0.1, 0.15) is 16.4 Å². The van der Waals surface area contributed by atoms with Crippen LogP contribution < -0.4 is 21.3 Å². The average molecular weight is 279 g/mol. The van der Waals surface area contributed by atoms with Crippen LogP contribution in [0.3, 0.4) is 0 Å². The summed E-state index contributed by atoms with van der Waals surface area (Å²) in [5.41, 5.74) is 11.8. The average Bonchev–Trinajstić information content (AvgIpc) is 2.30. The molecule has 0 unspecified atom stereocenters. The van der Waals surface area contributed by atoms with Crippen LogP contribution in [0, 0.1) is 0 Å². The smallest absolute Gasteiger partial charge is 0.240 e. The Morgan fingerprint density at radius 1 is 0.947 bits per heavy atom. The summed E-state index contributed by atoms with van der Waals surface area (Å²) in [6.45, 7) is 0. The topological polar surface area (TPSA) is 121 Å². The van der Waals surface area contributed by atoms with Crippen molar-refractivity contribution in [3.8, 4) is 11.5 Å². The Morgan fingerprint density at radius 3 is 2.26 bits per heavy atom. The molecule has 2 aromatic rings. The highest BCUT2D eigenvalue weighted by atomic mass is 32.2. The van der Waals surface area contributed by atoms with Gasteiger partial charge >= 0.3 is 0 Å². The Hall–Kier alpha value is -2.25. The zero-order valence-electron chi connectivity index (χ0n) is 9.91. The molecule has 0 fully saturated rings. The maximum atomic E-state index is 11.3. The lowest BCUT2D eigenvalue weighted by atomic mass is 10.3. The molecule has 0 aliphatic carbocycles. The Bertz CT molecular complexity index is 714. The minimum Gasteiger partial charge on any atom is -0.457 e. The molecular formula is C12H13N3O3S. The molecule has 0 saturated heterocycles. The summed E-state index contributed by atoms with van der Waals surface area (Å²) in [6.07, 6.45) is 0. The number of hydrogen-bond acceptors (Lipinski definition) is 5. The fourth-order valence-corrected chi connectivity index (χ4v) is 2.22. The second-order valence-electron chi connectivity index (χ2n) is 3.92. The summed E-state index contributed by atoms with van der Waals surface area (Å²) >= 11 is 0. The van der Waals surface area contributed by atoms with Crippen LogP contribution in [0.5, 0.6) is 11.5 Å². The molecule has 100 valence electrons. The van der Waals surface area contributed by atoms with E-state index in [-0.39, 0.29) is 10.6 Å². The van der Waals surface area contributed by atoms with Crippen LogP contribution in [0.1, 0.15) is 0 Å². The fourth-order valence-electron chi connectivity index (χ4n) is 1.54. The first-order valence-corrected chi connectivity index (χ1v) is 6.86. The van der Waals surface area contributed by atoms with Gasteiger partial charge < -0.3 is 16.2 Å². The van der Waals surface area contributed by atoms with Crippen molar-refractivity contribution in [2.24, 2.45) is 5.14 Å². The maximum Gasteiger partial charge on any atom is 0.240 e. The van der Waals surface area contributed by atoms with Gasteiger partial charge in [0.05, 0.1) is 5.69 Å². The van der Waals surface area contributed by atoms with Gasteiger partial charge in [-0.05, 0) is 24.3 Å². The van der Waals surface area contributed by atoms with Crippen molar-refractivity contribution in [2.75, 3.05) is 11.5 Å². The summed E-state index contributed by atoms with van der Waals surface area (Å²) in [7, 11) is -3.89. The van der Waals surface area contributed by atoms with E-state index < -0.39 is 10.0 Å². The molecule has 0 aliphatic heterocycles. The van der Waals surface area contributed by atoms with E-state index in [2.05, 4.69) is 0 Å². The fraction of sp³-hybridized carbons (Fsp3) is 0. The SMILES string of the molecule is Nc1cccc(Oc2ccc(N)c(S(N)(=O)=O)c2)c1. The van der Waals surface area contributed by atoms with E-state index in [1.807, 2.05) is 0 Å². The predicted molar refractivity (Wildman–Crippen MR) is 73.2 cm³/mol. The van der Waals surface area contributed by atoms with Crippen LogP contribution in [0.2, 0.25) is 0 Å². The van der Waals surface area contributed by atoms with Gasteiger partial charge in [0, 0.05) is 17.8 Å². The quantitative estimate of drug-likeness (QED) is 0.731. The molecule has 0 spiro atoms. The monoisotopic (exact) mass is 279 g/mol. The standard InChI is InChI=1S/C12H13N3O3S/c13-8-2-1-3-9(6-8)18-10-4-5-11(14)12(7-10)19(15,16)17/h1-7H,13-14H2,(H2,15,16,17). The predicted octanol–water partition coefficient (Wildman–Crippen LogP) is 1.29. The Balaban J connectivity index is 2.37. The van der Waals surface area contributed by atoms with Crippen LogP contribution in [0.15, 0.2) is 47.4 Å². The normalized spacial score (nSPS) is 11.2. The van der Waals surface area contributed by atoms with Gasteiger partial charge in [-0.15, -0.1) is 0 Å². The molecule has 0 saturated carbocycles. The highest BCUT2D eigenvalue weighted by Crippen LogP contribution is 2.27. The molecular weight excluding hydrogens is 266 g/mol. The van der Waals surface area contributed by atoms with E-state index >= 15 is 0 Å².